The summed E-state index contributed by atoms with van der Waals surface area (Å²) in [7, 11) is 3.19. The standard InChI is InChI=1S/C23H27NO5/c1-26-20-8-7-16(13-21(20)27-2)14-22(25)24-18-15-23(9-11-28-12-10-23)29-19-6-4-3-5-17(18)19/h3-8,13,18H,9-12,14-15H2,1-2H3,(H,24,25). The quantitative estimate of drug-likeness (QED) is 0.837. The Bertz CT molecular complexity index is 875. The van der Waals surface area contributed by atoms with Crippen molar-refractivity contribution in [2.45, 2.75) is 37.3 Å². The van der Waals surface area contributed by atoms with Gasteiger partial charge in [0.2, 0.25) is 5.91 Å². The van der Waals surface area contributed by atoms with E-state index in [1.807, 2.05) is 42.5 Å². The van der Waals surface area contributed by atoms with Crippen molar-refractivity contribution in [3.8, 4) is 17.2 Å². The van der Waals surface area contributed by atoms with Crippen molar-refractivity contribution < 1.29 is 23.7 Å². The Labute approximate surface area is 171 Å². The summed E-state index contributed by atoms with van der Waals surface area (Å²) in [5, 5.41) is 3.23. The molecule has 2 aliphatic rings. The molecule has 154 valence electrons. The molecule has 0 aliphatic carbocycles. The highest BCUT2D eigenvalue weighted by atomic mass is 16.5. The second-order valence-electron chi connectivity index (χ2n) is 7.63. The van der Waals surface area contributed by atoms with Crippen molar-refractivity contribution in [1.29, 1.82) is 0 Å². The van der Waals surface area contributed by atoms with Gasteiger partial charge >= 0.3 is 0 Å². The molecule has 1 unspecified atom stereocenters. The Hall–Kier alpha value is -2.73. The van der Waals surface area contributed by atoms with Gasteiger partial charge in [0.15, 0.2) is 11.5 Å². The number of para-hydroxylation sites is 1. The van der Waals surface area contributed by atoms with E-state index in [2.05, 4.69) is 5.32 Å². The van der Waals surface area contributed by atoms with Crippen molar-refractivity contribution in [2.75, 3.05) is 27.4 Å². The first-order valence-corrected chi connectivity index (χ1v) is 9.98. The van der Waals surface area contributed by atoms with Gasteiger partial charge in [-0.2, -0.15) is 0 Å². The fourth-order valence-electron chi connectivity index (χ4n) is 4.22. The van der Waals surface area contributed by atoms with E-state index in [1.165, 1.54) is 0 Å². The molecule has 2 heterocycles. The molecule has 1 atom stereocenters. The smallest absolute Gasteiger partial charge is 0.224 e. The van der Waals surface area contributed by atoms with Gasteiger partial charge in [0, 0.05) is 24.8 Å². The number of methoxy groups -OCH3 is 2. The average Bonchev–Trinajstić information content (AvgIpc) is 2.74. The average molecular weight is 397 g/mol. The van der Waals surface area contributed by atoms with Gasteiger partial charge in [-0.05, 0) is 23.8 Å². The summed E-state index contributed by atoms with van der Waals surface area (Å²) in [6.45, 7) is 1.38. The third-order valence-electron chi connectivity index (χ3n) is 5.75. The number of fused-ring (bicyclic) bond motifs is 1. The molecule has 1 spiro atoms. The number of amides is 1. The highest BCUT2D eigenvalue weighted by molar-refractivity contribution is 5.79. The molecule has 6 heteroatoms. The monoisotopic (exact) mass is 397 g/mol. The van der Waals surface area contributed by atoms with Crippen molar-refractivity contribution in [1.82, 2.24) is 5.32 Å². The first-order chi connectivity index (χ1) is 14.1. The van der Waals surface area contributed by atoms with Crippen molar-refractivity contribution >= 4 is 5.91 Å². The van der Waals surface area contributed by atoms with Crippen molar-refractivity contribution in [3.63, 3.8) is 0 Å². The first kappa shape index (κ1) is 19.6. The lowest BCUT2D eigenvalue weighted by molar-refractivity contribution is -0.122. The van der Waals surface area contributed by atoms with Gasteiger partial charge in [0.1, 0.15) is 11.4 Å². The third kappa shape index (κ3) is 4.17. The van der Waals surface area contributed by atoms with Crippen LogP contribution in [-0.2, 0) is 16.0 Å². The largest absolute Gasteiger partial charge is 0.493 e. The summed E-state index contributed by atoms with van der Waals surface area (Å²) in [6, 6.07) is 13.4. The number of ether oxygens (including phenoxy) is 4. The number of hydrogen-bond acceptors (Lipinski definition) is 5. The lowest BCUT2D eigenvalue weighted by atomic mass is 9.82. The lowest BCUT2D eigenvalue weighted by Gasteiger charge is -2.44. The molecule has 4 rings (SSSR count). The number of nitrogens with one attached hydrogen (secondary N) is 1. The van der Waals surface area contributed by atoms with Gasteiger partial charge in [0.05, 0.1) is 39.9 Å². The Balaban J connectivity index is 1.51. The number of rotatable bonds is 5. The van der Waals surface area contributed by atoms with Crippen LogP contribution in [0.15, 0.2) is 42.5 Å². The number of hydrogen-bond donors (Lipinski definition) is 1. The highest BCUT2D eigenvalue weighted by Gasteiger charge is 2.42. The van der Waals surface area contributed by atoms with E-state index in [0.717, 1.165) is 36.1 Å². The van der Waals surface area contributed by atoms with Gasteiger partial charge in [-0.1, -0.05) is 24.3 Å². The van der Waals surface area contributed by atoms with Crippen molar-refractivity contribution in [2.24, 2.45) is 0 Å². The molecule has 2 aromatic rings. The van der Waals surface area contributed by atoms with Crippen LogP contribution in [0.4, 0.5) is 0 Å². The minimum Gasteiger partial charge on any atom is -0.493 e. The van der Waals surface area contributed by atoms with Crippen LogP contribution in [0.25, 0.3) is 0 Å². The summed E-state index contributed by atoms with van der Waals surface area (Å²) >= 11 is 0. The van der Waals surface area contributed by atoms with Crippen LogP contribution in [-0.4, -0.2) is 38.9 Å². The molecule has 0 radical (unpaired) electrons. The zero-order valence-corrected chi connectivity index (χ0v) is 16.9. The van der Waals surface area contributed by atoms with Gasteiger partial charge in [-0.3, -0.25) is 4.79 Å². The molecule has 0 aromatic heterocycles. The highest BCUT2D eigenvalue weighted by Crippen LogP contribution is 2.43. The maximum absolute atomic E-state index is 12.9. The minimum atomic E-state index is -0.270. The van der Waals surface area contributed by atoms with Crippen LogP contribution < -0.4 is 19.5 Å². The van der Waals surface area contributed by atoms with Crippen LogP contribution in [0.3, 0.4) is 0 Å². The number of benzene rings is 2. The first-order valence-electron chi connectivity index (χ1n) is 9.98. The molecule has 29 heavy (non-hydrogen) atoms. The predicted octanol–water partition coefficient (Wildman–Crippen LogP) is 3.44. The maximum Gasteiger partial charge on any atom is 0.224 e. The van der Waals surface area contributed by atoms with Crippen LogP contribution in [0.5, 0.6) is 17.2 Å². The Kier molecular flexibility index (Phi) is 5.62. The van der Waals surface area contributed by atoms with Crippen LogP contribution in [0.2, 0.25) is 0 Å². The third-order valence-corrected chi connectivity index (χ3v) is 5.75. The maximum atomic E-state index is 12.9. The zero-order valence-electron chi connectivity index (χ0n) is 16.9. The number of carbonyl (C=O) groups excluding carboxylic acids is 1. The predicted molar refractivity (Wildman–Crippen MR) is 109 cm³/mol. The molecule has 2 aromatic carbocycles. The number of carbonyl (C=O) groups is 1. The Morgan fingerprint density at radius 2 is 1.86 bits per heavy atom. The van der Waals surface area contributed by atoms with Crippen LogP contribution in [0, 0.1) is 0 Å². The van der Waals surface area contributed by atoms with E-state index in [1.54, 1.807) is 14.2 Å². The zero-order chi connectivity index (χ0) is 20.3. The molecule has 1 amide bonds. The van der Waals surface area contributed by atoms with Gasteiger partial charge in [-0.15, -0.1) is 0 Å². The summed E-state index contributed by atoms with van der Waals surface area (Å²) in [6.07, 6.45) is 2.70. The van der Waals surface area contributed by atoms with Gasteiger partial charge in [-0.25, -0.2) is 0 Å². The second kappa shape index (κ2) is 8.33. The van der Waals surface area contributed by atoms with Crippen LogP contribution >= 0.6 is 0 Å². The summed E-state index contributed by atoms with van der Waals surface area (Å²) in [5.41, 5.74) is 1.64. The summed E-state index contributed by atoms with van der Waals surface area (Å²) in [5.74, 6) is 2.10. The van der Waals surface area contributed by atoms with Gasteiger partial charge in [0.25, 0.3) is 0 Å². The molecule has 1 saturated heterocycles. The van der Waals surface area contributed by atoms with E-state index < -0.39 is 0 Å². The van der Waals surface area contributed by atoms with E-state index >= 15 is 0 Å². The van der Waals surface area contributed by atoms with Crippen molar-refractivity contribution in [3.05, 3.63) is 53.6 Å². The molecule has 6 nitrogen and oxygen atoms in total. The van der Waals surface area contributed by atoms with E-state index in [-0.39, 0.29) is 24.0 Å². The Morgan fingerprint density at radius 1 is 1.10 bits per heavy atom. The fourth-order valence-corrected chi connectivity index (χ4v) is 4.22. The molecule has 0 saturated carbocycles. The second-order valence-corrected chi connectivity index (χ2v) is 7.63. The minimum absolute atomic E-state index is 0.0267. The summed E-state index contributed by atoms with van der Waals surface area (Å²) in [4.78, 5) is 12.9. The molecular weight excluding hydrogens is 370 g/mol. The molecular formula is C23H27NO5. The topological polar surface area (TPSA) is 66.0 Å². The molecule has 1 N–H and O–H groups in total. The summed E-state index contributed by atoms with van der Waals surface area (Å²) < 4.78 is 22.5. The Morgan fingerprint density at radius 3 is 2.62 bits per heavy atom. The fraction of sp³-hybridized carbons (Fsp3) is 0.435. The molecule has 2 aliphatic heterocycles. The van der Waals surface area contributed by atoms with E-state index in [4.69, 9.17) is 18.9 Å². The molecule has 0 bridgehead atoms. The molecule has 1 fully saturated rings. The van der Waals surface area contributed by atoms with Crippen LogP contribution in [0.1, 0.15) is 36.4 Å². The lowest BCUT2D eigenvalue weighted by Crippen LogP contribution is -2.48. The van der Waals surface area contributed by atoms with E-state index in [0.29, 0.717) is 24.7 Å². The normalized spacial score (nSPS) is 19.7. The van der Waals surface area contributed by atoms with Gasteiger partial charge < -0.3 is 24.3 Å². The SMILES string of the molecule is COc1ccc(CC(=O)NC2CC3(CCOCC3)Oc3ccccc32)cc1OC. The van der Waals surface area contributed by atoms with E-state index in [9.17, 15) is 4.79 Å².